The number of carbonyl (C=O) groups is 1. The largest absolute Gasteiger partial charge is 0.273 e. The lowest BCUT2D eigenvalue weighted by molar-refractivity contribution is 0.0945. The average molecular weight is 424 g/mol. The van der Waals surface area contributed by atoms with Gasteiger partial charge in [0, 0.05) is 18.7 Å². The molecular weight excluding hydrogens is 402 g/mol. The minimum Gasteiger partial charge on any atom is -0.273 e. The Balaban J connectivity index is 1.67. The van der Waals surface area contributed by atoms with Crippen LogP contribution in [0.3, 0.4) is 0 Å². The van der Waals surface area contributed by atoms with E-state index in [2.05, 4.69) is 5.43 Å². The molecule has 2 N–H and O–H groups in total. The van der Waals surface area contributed by atoms with Gasteiger partial charge in [0.15, 0.2) is 0 Å². The van der Waals surface area contributed by atoms with Gasteiger partial charge in [-0.05, 0) is 49.2 Å². The van der Waals surface area contributed by atoms with Crippen LogP contribution in [0.4, 0.5) is 0 Å². The molecule has 0 atom stereocenters. The van der Waals surface area contributed by atoms with Crippen molar-refractivity contribution in [3.8, 4) is 0 Å². The van der Waals surface area contributed by atoms with Gasteiger partial charge < -0.3 is 0 Å². The number of benzene rings is 2. The summed E-state index contributed by atoms with van der Waals surface area (Å²) in [4.78, 5) is 14.3. The highest BCUT2D eigenvalue weighted by molar-refractivity contribution is 7.89. The number of amides is 1. The Kier molecular flexibility index (Phi) is 6.14. The highest BCUT2D eigenvalue weighted by Crippen LogP contribution is 2.20. The number of carbonyl (C=O) groups excluding carboxylic acids is 1. The maximum absolute atomic E-state index is 12.6. The number of sulfonamides is 2. The van der Waals surface area contributed by atoms with Crippen LogP contribution in [-0.2, 0) is 20.0 Å². The third kappa shape index (κ3) is 4.58. The zero-order chi connectivity index (χ0) is 20.2. The van der Waals surface area contributed by atoms with E-state index in [4.69, 9.17) is 0 Å². The summed E-state index contributed by atoms with van der Waals surface area (Å²) < 4.78 is 50.9. The summed E-state index contributed by atoms with van der Waals surface area (Å²) in [6, 6.07) is 13.0. The van der Waals surface area contributed by atoms with E-state index in [0.29, 0.717) is 13.1 Å². The molecule has 10 heteroatoms. The van der Waals surface area contributed by atoms with Crippen LogP contribution in [0, 0.1) is 0 Å². The minimum absolute atomic E-state index is 0.0123. The van der Waals surface area contributed by atoms with Gasteiger partial charge in [-0.2, -0.15) is 4.31 Å². The molecule has 0 radical (unpaired) electrons. The molecule has 0 aliphatic carbocycles. The number of hydrogen-bond acceptors (Lipinski definition) is 5. The molecule has 1 saturated heterocycles. The molecule has 150 valence electrons. The van der Waals surface area contributed by atoms with Crippen LogP contribution in [-0.4, -0.2) is 40.1 Å². The third-order valence-corrected chi connectivity index (χ3v) is 7.60. The number of hydrazine groups is 1. The Morgan fingerprint density at radius 3 is 2.00 bits per heavy atom. The van der Waals surface area contributed by atoms with Crippen LogP contribution >= 0.6 is 0 Å². The van der Waals surface area contributed by atoms with Gasteiger partial charge >= 0.3 is 0 Å². The lowest BCUT2D eigenvalue weighted by Crippen LogP contribution is -2.41. The normalized spacial score (nSPS) is 15.9. The van der Waals surface area contributed by atoms with Crippen molar-refractivity contribution < 1.29 is 21.6 Å². The van der Waals surface area contributed by atoms with Crippen LogP contribution in [0.2, 0.25) is 0 Å². The van der Waals surface area contributed by atoms with E-state index in [1.165, 1.54) is 40.7 Å². The van der Waals surface area contributed by atoms with Crippen molar-refractivity contribution in [1.29, 1.82) is 0 Å². The van der Waals surface area contributed by atoms with Gasteiger partial charge in [0.05, 0.1) is 9.79 Å². The maximum atomic E-state index is 12.6. The second-order valence-electron chi connectivity index (χ2n) is 6.36. The fourth-order valence-electron chi connectivity index (χ4n) is 2.88. The molecule has 2 aromatic rings. The molecule has 0 unspecified atom stereocenters. The SMILES string of the molecule is O=C(NNS(=O)(=O)c1ccccc1)c1ccc(S(=O)(=O)N2CCCCC2)cc1. The molecule has 0 spiro atoms. The lowest BCUT2D eigenvalue weighted by atomic mass is 10.2. The summed E-state index contributed by atoms with van der Waals surface area (Å²) in [5.74, 6) is -0.693. The third-order valence-electron chi connectivity index (χ3n) is 4.42. The quantitative estimate of drug-likeness (QED) is 0.684. The predicted molar refractivity (Wildman–Crippen MR) is 103 cm³/mol. The summed E-state index contributed by atoms with van der Waals surface area (Å²) in [6.07, 6.45) is 2.69. The van der Waals surface area contributed by atoms with Crippen molar-refractivity contribution in [2.24, 2.45) is 0 Å². The number of nitrogens with one attached hydrogen (secondary N) is 2. The maximum Gasteiger partial charge on any atom is 0.266 e. The van der Waals surface area contributed by atoms with E-state index in [9.17, 15) is 21.6 Å². The van der Waals surface area contributed by atoms with Gasteiger partial charge in [-0.25, -0.2) is 16.8 Å². The summed E-state index contributed by atoms with van der Waals surface area (Å²) in [7, 11) is -7.48. The Hall–Kier alpha value is -2.27. The summed E-state index contributed by atoms with van der Waals surface area (Å²) >= 11 is 0. The molecule has 1 aliphatic heterocycles. The van der Waals surface area contributed by atoms with Crippen LogP contribution in [0.25, 0.3) is 0 Å². The molecule has 28 heavy (non-hydrogen) atoms. The first-order valence-electron chi connectivity index (χ1n) is 8.78. The van der Waals surface area contributed by atoms with Gasteiger partial charge in [-0.1, -0.05) is 24.6 Å². The highest BCUT2D eigenvalue weighted by atomic mass is 32.2. The molecule has 0 bridgehead atoms. The average Bonchev–Trinajstić information content (AvgIpc) is 2.73. The van der Waals surface area contributed by atoms with Gasteiger partial charge in [0.25, 0.3) is 15.9 Å². The first kappa shape index (κ1) is 20.5. The monoisotopic (exact) mass is 423 g/mol. The molecule has 1 amide bonds. The minimum atomic E-state index is -3.89. The van der Waals surface area contributed by atoms with E-state index >= 15 is 0 Å². The van der Waals surface area contributed by atoms with E-state index in [-0.39, 0.29) is 15.4 Å². The van der Waals surface area contributed by atoms with Crippen molar-refractivity contribution in [1.82, 2.24) is 14.6 Å². The molecule has 2 aromatic carbocycles. The van der Waals surface area contributed by atoms with Crippen molar-refractivity contribution in [2.45, 2.75) is 29.1 Å². The number of nitrogens with zero attached hydrogens (tertiary/aromatic N) is 1. The predicted octanol–water partition coefficient (Wildman–Crippen LogP) is 1.48. The van der Waals surface area contributed by atoms with Crippen LogP contribution < -0.4 is 10.3 Å². The van der Waals surface area contributed by atoms with Gasteiger partial charge in [-0.15, -0.1) is 4.83 Å². The van der Waals surface area contributed by atoms with Crippen molar-refractivity contribution in [3.63, 3.8) is 0 Å². The fraction of sp³-hybridized carbons (Fsp3) is 0.278. The molecule has 0 saturated carbocycles. The Bertz CT molecular complexity index is 1030. The first-order chi connectivity index (χ1) is 13.3. The number of hydrogen-bond donors (Lipinski definition) is 2. The Morgan fingerprint density at radius 1 is 0.786 bits per heavy atom. The van der Waals surface area contributed by atoms with E-state index < -0.39 is 26.0 Å². The van der Waals surface area contributed by atoms with Crippen LogP contribution in [0.15, 0.2) is 64.4 Å². The number of piperidine rings is 1. The zero-order valence-corrected chi connectivity index (χ0v) is 16.7. The molecule has 1 aliphatic rings. The second kappa shape index (κ2) is 8.39. The molecule has 0 aromatic heterocycles. The van der Waals surface area contributed by atoms with Gasteiger partial charge in [-0.3, -0.25) is 10.2 Å². The summed E-state index contributed by atoms with van der Waals surface area (Å²) in [5, 5.41) is 0. The smallest absolute Gasteiger partial charge is 0.266 e. The van der Waals surface area contributed by atoms with E-state index in [0.717, 1.165) is 19.3 Å². The van der Waals surface area contributed by atoms with Crippen molar-refractivity contribution in [2.75, 3.05) is 13.1 Å². The first-order valence-corrected chi connectivity index (χ1v) is 11.7. The molecule has 1 fully saturated rings. The topological polar surface area (TPSA) is 113 Å². The van der Waals surface area contributed by atoms with Crippen molar-refractivity contribution >= 4 is 26.0 Å². The highest BCUT2D eigenvalue weighted by Gasteiger charge is 2.26. The van der Waals surface area contributed by atoms with E-state index in [1.807, 2.05) is 4.83 Å². The molecule has 8 nitrogen and oxygen atoms in total. The molecule has 1 heterocycles. The van der Waals surface area contributed by atoms with Gasteiger partial charge in [0.2, 0.25) is 10.0 Å². The summed E-state index contributed by atoms with van der Waals surface area (Å²) in [6.45, 7) is 0.984. The van der Waals surface area contributed by atoms with Crippen LogP contribution in [0.5, 0.6) is 0 Å². The van der Waals surface area contributed by atoms with Crippen molar-refractivity contribution in [3.05, 3.63) is 60.2 Å². The second-order valence-corrected chi connectivity index (χ2v) is 9.98. The van der Waals surface area contributed by atoms with Gasteiger partial charge in [0.1, 0.15) is 0 Å². The molecular formula is C18H21N3O5S2. The summed E-state index contributed by atoms with van der Waals surface area (Å²) in [5.41, 5.74) is 2.26. The fourth-order valence-corrected chi connectivity index (χ4v) is 5.25. The standard InChI is InChI=1S/C18H21N3O5S2/c22-18(19-20-27(23,24)16-7-3-1-4-8-16)15-9-11-17(12-10-15)28(25,26)21-13-5-2-6-14-21/h1,3-4,7-12,20H,2,5-6,13-14H2,(H,19,22). The van der Waals surface area contributed by atoms with Crippen LogP contribution in [0.1, 0.15) is 29.6 Å². The number of rotatable bonds is 6. The lowest BCUT2D eigenvalue weighted by Gasteiger charge is -2.25. The molecule has 3 rings (SSSR count). The Morgan fingerprint density at radius 2 is 1.39 bits per heavy atom. The Labute approximate surface area is 164 Å². The zero-order valence-electron chi connectivity index (χ0n) is 15.0. The van der Waals surface area contributed by atoms with E-state index in [1.54, 1.807) is 18.2 Å².